The van der Waals surface area contributed by atoms with Crippen LogP contribution < -0.4 is 0 Å². The van der Waals surface area contributed by atoms with Crippen molar-refractivity contribution in [2.24, 2.45) is 22.7 Å². The lowest BCUT2D eigenvalue weighted by molar-refractivity contribution is -0.0370. The molecule has 0 aliphatic heterocycles. The Morgan fingerprint density at radius 2 is 2.19 bits per heavy atom. The molecule has 1 saturated carbocycles. The zero-order valence-corrected chi connectivity index (χ0v) is 13.7. The highest BCUT2D eigenvalue weighted by Gasteiger charge is 2.52. The summed E-state index contributed by atoms with van der Waals surface area (Å²) in [6.45, 7) is 11.8. The highest BCUT2D eigenvalue weighted by atomic mass is 16.3. The Morgan fingerprint density at radius 1 is 1.38 bits per heavy atom. The van der Waals surface area contributed by atoms with E-state index in [-0.39, 0.29) is 0 Å². The predicted molar refractivity (Wildman–Crippen MR) is 88.0 cm³/mol. The molecule has 0 radical (unpaired) electrons. The van der Waals surface area contributed by atoms with E-state index in [4.69, 9.17) is 4.42 Å². The number of hydrogen-bond acceptors (Lipinski definition) is 1. The van der Waals surface area contributed by atoms with Gasteiger partial charge in [-0.1, -0.05) is 39.5 Å². The lowest BCUT2D eigenvalue weighted by Crippen LogP contribution is -2.49. The second kappa shape index (κ2) is 5.19. The van der Waals surface area contributed by atoms with Crippen molar-refractivity contribution in [3.63, 3.8) is 0 Å². The van der Waals surface area contributed by atoms with Crippen molar-refractivity contribution in [1.29, 1.82) is 0 Å². The van der Waals surface area contributed by atoms with Gasteiger partial charge >= 0.3 is 0 Å². The van der Waals surface area contributed by atoms with Gasteiger partial charge < -0.3 is 4.42 Å². The van der Waals surface area contributed by atoms with Crippen molar-refractivity contribution < 1.29 is 4.42 Å². The van der Waals surface area contributed by atoms with Gasteiger partial charge in [-0.25, -0.2) is 0 Å². The molecule has 3 rings (SSSR count). The van der Waals surface area contributed by atoms with E-state index in [1.807, 2.05) is 6.26 Å². The second-order valence-corrected chi connectivity index (χ2v) is 7.71. The Morgan fingerprint density at radius 3 is 2.90 bits per heavy atom. The molecule has 0 aromatic carbocycles. The third-order valence-electron chi connectivity index (χ3n) is 6.74. The Balaban J connectivity index is 1.86. The average Bonchev–Trinajstić information content (AvgIpc) is 2.97. The fraction of sp³-hybridized carbons (Fsp3) is 0.600. The van der Waals surface area contributed by atoms with E-state index in [9.17, 15) is 0 Å². The largest absolute Gasteiger partial charge is 0.472 e. The summed E-state index contributed by atoms with van der Waals surface area (Å²) in [5.74, 6) is 1.50. The minimum atomic E-state index is 0.298. The lowest BCUT2D eigenvalue weighted by Gasteiger charge is -2.57. The molecule has 1 aromatic heterocycles. The number of hydrogen-bond donors (Lipinski definition) is 0. The van der Waals surface area contributed by atoms with Crippen LogP contribution in [0.5, 0.6) is 0 Å². The van der Waals surface area contributed by atoms with Crippen LogP contribution in [0.1, 0.15) is 52.0 Å². The first-order valence-corrected chi connectivity index (χ1v) is 8.34. The van der Waals surface area contributed by atoms with Gasteiger partial charge in [0, 0.05) is 0 Å². The summed E-state index contributed by atoms with van der Waals surface area (Å²) in [6, 6.07) is 2.11. The quantitative estimate of drug-likeness (QED) is 0.685. The van der Waals surface area contributed by atoms with E-state index >= 15 is 0 Å². The molecule has 4 atom stereocenters. The smallest absolute Gasteiger partial charge is 0.0934 e. The minimum absolute atomic E-state index is 0.298. The first-order valence-electron chi connectivity index (χ1n) is 8.34. The molecule has 0 spiro atoms. The predicted octanol–water partition coefficient (Wildman–Crippen LogP) is 5.79. The van der Waals surface area contributed by atoms with Crippen LogP contribution in [0.15, 0.2) is 47.3 Å². The fourth-order valence-corrected chi connectivity index (χ4v) is 4.81. The molecule has 114 valence electrons. The fourth-order valence-electron chi connectivity index (χ4n) is 4.81. The van der Waals surface area contributed by atoms with Crippen molar-refractivity contribution in [1.82, 2.24) is 0 Å². The van der Waals surface area contributed by atoms with Crippen LogP contribution >= 0.6 is 0 Å². The molecule has 0 unspecified atom stereocenters. The normalized spacial score (nSPS) is 39.3. The van der Waals surface area contributed by atoms with Gasteiger partial charge in [0.05, 0.1) is 12.5 Å². The Kier molecular flexibility index (Phi) is 3.63. The monoisotopic (exact) mass is 284 g/mol. The van der Waals surface area contributed by atoms with E-state index in [0.29, 0.717) is 10.8 Å². The van der Waals surface area contributed by atoms with Crippen molar-refractivity contribution >= 4 is 0 Å². The summed E-state index contributed by atoms with van der Waals surface area (Å²) in [6.07, 6.45) is 14.5. The lowest BCUT2D eigenvalue weighted by atomic mass is 9.47. The van der Waals surface area contributed by atoms with E-state index in [1.165, 1.54) is 36.8 Å². The molecule has 21 heavy (non-hydrogen) atoms. The van der Waals surface area contributed by atoms with E-state index in [1.54, 1.807) is 6.26 Å². The third-order valence-corrected chi connectivity index (χ3v) is 6.74. The van der Waals surface area contributed by atoms with Gasteiger partial charge in [-0.2, -0.15) is 0 Å². The number of allylic oxidation sites excluding steroid dienone is 3. The summed E-state index contributed by atoms with van der Waals surface area (Å²) in [7, 11) is 0. The Bertz CT molecular complexity index is 538. The van der Waals surface area contributed by atoms with Gasteiger partial charge in [-0.3, -0.25) is 0 Å². The van der Waals surface area contributed by atoms with Crippen LogP contribution in [0.4, 0.5) is 0 Å². The molecule has 2 aliphatic rings. The molecule has 1 heteroatoms. The molecule has 1 aromatic rings. The van der Waals surface area contributed by atoms with Gasteiger partial charge in [0.2, 0.25) is 0 Å². The Hall–Kier alpha value is -1.24. The first-order chi connectivity index (χ1) is 9.97. The molecule has 0 saturated heterocycles. The SMILES string of the molecule is C=C1C=CC[C@H]2[C@](C)(CCc3ccoc3)[C@@H](C)CC[C@]12C. The maximum Gasteiger partial charge on any atom is 0.0934 e. The third kappa shape index (κ3) is 2.31. The zero-order valence-electron chi connectivity index (χ0n) is 13.7. The second-order valence-electron chi connectivity index (χ2n) is 7.71. The highest BCUT2D eigenvalue weighted by molar-refractivity contribution is 5.30. The first kappa shape index (κ1) is 14.7. The van der Waals surface area contributed by atoms with Crippen LogP contribution in [-0.2, 0) is 6.42 Å². The summed E-state index contributed by atoms with van der Waals surface area (Å²) in [5, 5.41) is 0. The van der Waals surface area contributed by atoms with Crippen LogP contribution in [0.3, 0.4) is 0 Å². The van der Waals surface area contributed by atoms with Gasteiger partial charge in [-0.05, 0) is 72.0 Å². The van der Waals surface area contributed by atoms with Gasteiger partial charge in [0.25, 0.3) is 0 Å². The highest BCUT2D eigenvalue weighted by Crippen LogP contribution is 2.61. The van der Waals surface area contributed by atoms with Crippen LogP contribution in [-0.4, -0.2) is 0 Å². The number of fused-ring (bicyclic) bond motifs is 1. The molecular weight excluding hydrogens is 256 g/mol. The maximum atomic E-state index is 5.23. The van der Waals surface area contributed by atoms with Gasteiger partial charge in [0.15, 0.2) is 0 Å². The number of furan rings is 1. The molecule has 0 bridgehead atoms. The Labute approximate surface area is 129 Å². The van der Waals surface area contributed by atoms with Crippen LogP contribution in [0, 0.1) is 22.7 Å². The summed E-state index contributed by atoms with van der Waals surface area (Å²) >= 11 is 0. The average molecular weight is 284 g/mol. The minimum Gasteiger partial charge on any atom is -0.472 e. The van der Waals surface area contributed by atoms with Crippen molar-refractivity contribution in [3.8, 4) is 0 Å². The zero-order chi connectivity index (χ0) is 15.1. The number of rotatable bonds is 3. The number of aryl methyl sites for hydroxylation is 1. The topological polar surface area (TPSA) is 13.1 Å². The molecular formula is C20H28O. The van der Waals surface area contributed by atoms with Crippen molar-refractivity contribution in [2.45, 2.75) is 52.9 Å². The van der Waals surface area contributed by atoms with E-state index in [0.717, 1.165) is 18.3 Å². The molecule has 1 nitrogen and oxygen atoms in total. The van der Waals surface area contributed by atoms with Crippen LogP contribution in [0.25, 0.3) is 0 Å². The summed E-state index contributed by atoms with van der Waals surface area (Å²) in [5.41, 5.74) is 3.37. The molecule has 2 aliphatic carbocycles. The molecule has 0 amide bonds. The van der Waals surface area contributed by atoms with Crippen molar-refractivity contribution in [2.75, 3.05) is 0 Å². The van der Waals surface area contributed by atoms with Crippen molar-refractivity contribution in [3.05, 3.63) is 48.5 Å². The van der Waals surface area contributed by atoms with Gasteiger partial charge in [0.1, 0.15) is 0 Å². The molecule has 1 fully saturated rings. The van der Waals surface area contributed by atoms with Gasteiger partial charge in [-0.15, -0.1) is 0 Å². The summed E-state index contributed by atoms with van der Waals surface area (Å²) in [4.78, 5) is 0. The molecule has 1 heterocycles. The maximum absolute atomic E-state index is 5.23. The standard InChI is InChI=1S/C20H28O/c1-15-6-5-7-18-19(15,3)11-8-16(2)20(18,4)12-9-17-10-13-21-14-17/h5-6,10,13-14,16,18H,1,7-9,11-12H2,2-4H3/t16-,18+,19+,20+/m0/s1. The summed E-state index contributed by atoms with van der Waals surface area (Å²) < 4.78 is 5.23. The van der Waals surface area contributed by atoms with Crippen LogP contribution in [0.2, 0.25) is 0 Å². The van der Waals surface area contributed by atoms with E-state index < -0.39 is 0 Å². The van der Waals surface area contributed by atoms with E-state index in [2.05, 4.69) is 45.6 Å². The molecule has 0 N–H and O–H groups in total.